The predicted octanol–water partition coefficient (Wildman–Crippen LogP) is 1.88. The summed E-state index contributed by atoms with van der Waals surface area (Å²) in [5.41, 5.74) is 0.897. The molecule has 0 saturated heterocycles. The normalized spacial score (nSPS) is 10.6. The Morgan fingerprint density at radius 1 is 1.48 bits per heavy atom. The molecule has 0 radical (unpaired) electrons. The van der Waals surface area contributed by atoms with Gasteiger partial charge < -0.3 is 14.6 Å². The van der Waals surface area contributed by atoms with Gasteiger partial charge in [0.1, 0.15) is 11.6 Å². The number of thioether (sulfide) groups is 1. The molecule has 7 heteroatoms. The predicted molar refractivity (Wildman–Crippen MR) is 83.3 cm³/mol. The second-order valence-corrected chi connectivity index (χ2v) is 5.21. The van der Waals surface area contributed by atoms with Crippen LogP contribution in [0.15, 0.2) is 36.1 Å². The van der Waals surface area contributed by atoms with Gasteiger partial charge in [-0.15, -0.1) is 16.8 Å². The highest BCUT2D eigenvalue weighted by molar-refractivity contribution is 7.98. The second-order valence-electron chi connectivity index (χ2n) is 4.27. The number of aromatic nitrogens is 4. The third-order valence-electron chi connectivity index (χ3n) is 2.85. The molecular formula is C14H19N5OS. The Labute approximate surface area is 128 Å². The molecule has 0 aliphatic heterocycles. The highest BCUT2D eigenvalue weighted by atomic mass is 32.2. The molecule has 6 nitrogen and oxygen atoms in total. The minimum absolute atomic E-state index is 0.675. The lowest BCUT2D eigenvalue weighted by Crippen LogP contribution is -2.12. The summed E-state index contributed by atoms with van der Waals surface area (Å²) >= 11 is 1.59. The summed E-state index contributed by atoms with van der Waals surface area (Å²) in [6, 6.07) is 3.77. The van der Waals surface area contributed by atoms with E-state index >= 15 is 0 Å². The van der Waals surface area contributed by atoms with Crippen LogP contribution >= 0.6 is 11.8 Å². The Bertz CT molecular complexity index is 599. The highest BCUT2D eigenvalue weighted by Gasteiger charge is 2.12. The highest BCUT2D eigenvalue weighted by Crippen LogP contribution is 2.25. The number of pyridine rings is 1. The first-order valence-corrected chi connectivity index (χ1v) is 7.57. The van der Waals surface area contributed by atoms with Gasteiger partial charge in [0, 0.05) is 18.5 Å². The molecule has 0 bridgehead atoms. The SMILES string of the molecule is C=CCn1c(CNC)nnc1SCc1ncccc1OC. The first kappa shape index (κ1) is 15.5. The molecule has 0 aliphatic carbocycles. The monoisotopic (exact) mass is 305 g/mol. The molecule has 0 saturated carbocycles. The number of hydrogen-bond acceptors (Lipinski definition) is 6. The maximum absolute atomic E-state index is 5.31. The van der Waals surface area contributed by atoms with Crippen LogP contribution < -0.4 is 10.1 Å². The molecule has 0 spiro atoms. The maximum Gasteiger partial charge on any atom is 0.191 e. The summed E-state index contributed by atoms with van der Waals surface area (Å²) in [6.45, 7) is 5.15. The van der Waals surface area contributed by atoms with E-state index in [9.17, 15) is 0 Å². The van der Waals surface area contributed by atoms with Crippen LogP contribution in [0.3, 0.4) is 0 Å². The van der Waals surface area contributed by atoms with Gasteiger partial charge >= 0.3 is 0 Å². The van der Waals surface area contributed by atoms with Crippen LogP contribution in [0, 0.1) is 0 Å². The Kier molecular flexibility index (Phi) is 5.77. The first-order chi connectivity index (χ1) is 10.3. The van der Waals surface area contributed by atoms with Gasteiger partial charge in [0.15, 0.2) is 5.16 Å². The Morgan fingerprint density at radius 2 is 2.33 bits per heavy atom. The summed E-state index contributed by atoms with van der Waals surface area (Å²) in [7, 11) is 3.54. The molecule has 0 amide bonds. The lowest BCUT2D eigenvalue weighted by atomic mass is 10.3. The molecule has 2 aromatic heterocycles. The van der Waals surface area contributed by atoms with Gasteiger partial charge in [-0.05, 0) is 19.2 Å². The number of allylic oxidation sites excluding steroid dienone is 1. The van der Waals surface area contributed by atoms with Crippen LogP contribution in [-0.2, 0) is 18.8 Å². The van der Waals surface area contributed by atoms with Crippen LogP contribution in [0.2, 0.25) is 0 Å². The Balaban J connectivity index is 2.14. The fraction of sp³-hybridized carbons (Fsp3) is 0.357. The van der Waals surface area contributed by atoms with Crippen LogP contribution in [0.5, 0.6) is 5.75 Å². The van der Waals surface area contributed by atoms with E-state index in [1.165, 1.54) is 0 Å². The van der Waals surface area contributed by atoms with E-state index in [-0.39, 0.29) is 0 Å². The number of nitrogens with one attached hydrogen (secondary N) is 1. The molecule has 0 aliphatic rings. The van der Waals surface area contributed by atoms with Crippen molar-refractivity contribution in [2.75, 3.05) is 14.2 Å². The van der Waals surface area contributed by atoms with Crippen molar-refractivity contribution in [2.24, 2.45) is 0 Å². The van der Waals surface area contributed by atoms with Gasteiger partial charge in [-0.1, -0.05) is 17.8 Å². The molecule has 1 N–H and O–H groups in total. The number of hydrogen-bond donors (Lipinski definition) is 1. The molecule has 0 unspecified atom stereocenters. The number of methoxy groups -OCH3 is 1. The second kappa shape index (κ2) is 7.80. The number of ether oxygens (including phenoxy) is 1. The molecule has 2 aromatic rings. The molecule has 0 atom stereocenters. The molecule has 0 aromatic carbocycles. The molecule has 2 heterocycles. The lowest BCUT2D eigenvalue weighted by molar-refractivity contribution is 0.409. The van der Waals surface area contributed by atoms with Gasteiger partial charge in [0.05, 0.1) is 19.3 Å². The van der Waals surface area contributed by atoms with Crippen molar-refractivity contribution in [3.63, 3.8) is 0 Å². The third-order valence-corrected chi connectivity index (χ3v) is 3.82. The van der Waals surface area contributed by atoms with E-state index in [2.05, 4.69) is 27.1 Å². The smallest absolute Gasteiger partial charge is 0.191 e. The largest absolute Gasteiger partial charge is 0.495 e. The van der Waals surface area contributed by atoms with Crippen molar-refractivity contribution in [3.05, 3.63) is 42.5 Å². The summed E-state index contributed by atoms with van der Waals surface area (Å²) < 4.78 is 7.36. The van der Waals surface area contributed by atoms with Gasteiger partial charge in [-0.3, -0.25) is 4.98 Å². The van der Waals surface area contributed by atoms with Crippen LogP contribution in [0.25, 0.3) is 0 Å². The molecule has 2 rings (SSSR count). The zero-order valence-electron chi connectivity index (χ0n) is 12.2. The van der Waals surface area contributed by atoms with Crippen LogP contribution in [0.4, 0.5) is 0 Å². The zero-order chi connectivity index (χ0) is 15.1. The van der Waals surface area contributed by atoms with Crippen molar-refractivity contribution in [1.82, 2.24) is 25.1 Å². The van der Waals surface area contributed by atoms with Crippen molar-refractivity contribution in [3.8, 4) is 5.75 Å². The van der Waals surface area contributed by atoms with E-state index < -0.39 is 0 Å². The van der Waals surface area contributed by atoms with E-state index in [0.717, 1.165) is 22.4 Å². The van der Waals surface area contributed by atoms with Crippen LogP contribution in [0.1, 0.15) is 11.5 Å². The van der Waals surface area contributed by atoms with Crippen LogP contribution in [-0.4, -0.2) is 33.9 Å². The topological polar surface area (TPSA) is 64.9 Å². The number of nitrogens with zero attached hydrogens (tertiary/aromatic N) is 4. The quantitative estimate of drug-likeness (QED) is 0.593. The minimum atomic E-state index is 0.675. The average molecular weight is 305 g/mol. The van der Waals surface area contributed by atoms with E-state index in [1.54, 1.807) is 25.1 Å². The average Bonchev–Trinajstić information content (AvgIpc) is 2.89. The van der Waals surface area contributed by atoms with Gasteiger partial charge in [-0.2, -0.15) is 0 Å². The fourth-order valence-electron chi connectivity index (χ4n) is 1.88. The maximum atomic E-state index is 5.31. The zero-order valence-corrected chi connectivity index (χ0v) is 13.1. The summed E-state index contributed by atoms with van der Waals surface area (Å²) in [4.78, 5) is 4.35. The Morgan fingerprint density at radius 3 is 3.05 bits per heavy atom. The minimum Gasteiger partial charge on any atom is -0.495 e. The summed E-state index contributed by atoms with van der Waals surface area (Å²) in [6.07, 6.45) is 3.60. The van der Waals surface area contributed by atoms with E-state index in [1.807, 2.05) is 29.8 Å². The van der Waals surface area contributed by atoms with Gasteiger partial charge in [0.2, 0.25) is 0 Å². The molecule has 0 fully saturated rings. The van der Waals surface area contributed by atoms with E-state index in [0.29, 0.717) is 18.8 Å². The van der Waals surface area contributed by atoms with Crippen molar-refractivity contribution >= 4 is 11.8 Å². The van der Waals surface area contributed by atoms with Crippen molar-refractivity contribution in [1.29, 1.82) is 0 Å². The number of rotatable bonds is 8. The van der Waals surface area contributed by atoms with Crippen molar-refractivity contribution < 1.29 is 4.74 Å². The third kappa shape index (κ3) is 3.83. The molecular weight excluding hydrogens is 286 g/mol. The lowest BCUT2D eigenvalue weighted by Gasteiger charge is -2.08. The molecule has 21 heavy (non-hydrogen) atoms. The summed E-state index contributed by atoms with van der Waals surface area (Å²) in [5.74, 6) is 2.36. The Hall–Kier alpha value is -1.86. The fourth-order valence-corrected chi connectivity index (χ4v) is 2.79. The first-order valence-electron chi connectivity index (χ1n) is 6.58. The van der Waals surface area contributed by atoms with Crippen molar-refractivity contribution in [2.45, 2.75) is 24.0 Å². The van der Waals surface area contributed by atoms with Gasteiger partial charge in [-0.25, -0.2) is 0 Å². The van der Waals surface area contributed by atoms with E-state index in [4.69, 9.17) is 4.74 Å². The standard InChI is InChI=1S/C14H19N5OS/c1-4-8-19-13(9-15-2)17-18-14(19)21-10-11-12(20-3)6-5-7-16-11/h4-7,15H,1,8-10H2,2-3H3. The molecule has 112 valence electrons. The summed E-state index contributed by atoms with van der Waals surface area (Å²) in [5, 5.41) is 12.4. The van der Waals surface area contributed by atoms with Gasteiger partial charge in [0.25, 0.3) is 0 Å².